The Hall–Kier alpha value is -1.77. The third-order valence-electron chi connectivity index (χ3n) is 1.79. The van der Waals surface area contributed by atoms with E-state index in [0.717, 1.165) is 12.1 Å². The van der Waals surface area contributed by atoms with Crippen molar-refractivity contribution >= 4 is 19.6 Å². The van der Waals surface area contributed by atoms with Gasteiger partial charge in [0, 0.05) is 17.7 Å². The summed E-state index contributed by atoms with van der Waals surface area (Å²) in [6.07, 6.45) is -4.57. The van der Waals surface area contributed by atoms with Crippen LogP contribution in [0, 0.1) is 10.1 Å². The van der Waals surface area contributed by atoms with Gasteiger partial charge in [-0.3, -0.25) is 10.1 Å². The smallest absolute Gasteiger partial charge is 0.383 e. The van der Waals surface area contributed by atoms with Crippen molar-refractivity contribution in [1.82, 2.24) is 0 Å². The van der Waals surface area contributed by atoms with E-state index in [1.54, 1.807) is 0 Å². The van der Waals surface area contributed by atoms with E-state index in [9.17, 15) is 23.3 Å². The summed E-state index contributed by atoms with van der Waals surface area (Å²) in [6, 6.07) is 2.33. The van der Waals surface area contributed by atoms with Crippen molar-refractivity contribution in [3.63, 3.8) is 0 Å². The molecule has 0 fully saturated rings. The fraction of sp³-hybridized carbons (Fsp3) is 0.250. The van der Waals surface area contributed by atoms with E-state index in [0.29, 0.717) is 6.07 Å². The average Bonchev–Trinajstić information content (AvgIpc) is 2.26. The van der Waals surface area contributed by atoms with Crippen LogP contribution in [-0.2, 0) is 10.7 Å². The van der Waals surface area contributed by atoms with Crippen molar-refractivity contribution in [2.45, 2.75) is 6.18 Å². The summed E-state index contributed by atoms with van der Waals surface area (Å²) in [6.45, 7) is 0. The lowest BCUT2D eigenvalue weighted by atomic mass is 10.1. The Balaban J connectivity index is 0.000000711. The van der Waals surface area contributed by atoms with Crippen LogP contribution in [0.2, 0.25) is 0 Å². The molecule has 1 rings (SSSR count). The Kier molecular flexibility index (Phi) is 6.33. The number of halogens is 3. The van der Waals surface area contributed by atoms with Gasteiger partial charge in [-0.25, -0.2) is 0 Å². The molecule has 0 spiro atoms. The molecule has 1 aromatic carbocycles. The first-order chi connectivity index (χ1) is 8.59. The molecule has 0 aromatic heterocycles. The monoisotopic (exact) mass is 301 g/mol. The molecule has 0 atom stereocenters. The second-order valence-corrected chi connectivity index (χ2v) is 3.50. The number of hydrogen-bond donors (Lipinski definition) is 3. The minimum absolute atomic E-state index is 0.0491. The van der Waals surface area contributed by atoms with Gasteiger partial charge >= 0.3 is 14.4 Å². The lowest BCUT2D eigenvalue weighted by Crippen LogP contribution is -2.06. The third kappa shape index (κ3) is 6.09. The Morgan fingerprint density at radius 1 is 1.37 bits per heavy atom. The fourth-order valence-corrected chi connectivity index (χ4v) is 1.07. The van der Waals surface area contributed by atoms with Gasteiger partial charge in [-0.1, -0.05) is 0 Å². The summed E-state index contributed by atoms with van der Waals surface area (Å²) in [5.41, 5.74) is -1.58. The van der Waals surface area contributed by atoms with Crippen LogP contribution in [0.5, 0.6) is 0 Å². The molecule has 0 aliphatic rings. The number of nitro groups is 1. The molecular formula is C8H9F3N2O5P+. The Bertz CT molecular complexity index is 476. The highest BCUT2D eigenvalue weighted by Crippen LogP contribution is 2.34. The number of benzene rings is 1. The number of anilines is 1. The van der Waals surface area contributed by atoms with Gasteiger partial charge in [0.2, 0.25) is 0 Å². The second kappa shape index (κ2) is 6.98. The largest absolute Gasteiger partial charge is 0.692 e. The van der Waals surface area contributed by atoms with Crippen LogP contribution in [0.15, 0.2) is 18.2 Å². The summed E-state index contributed by atoms with van der Waals surface area (Å²) >= 11 is 0. The molecule has 0 heterocycles. The van der Waals surface area contributed by atoms with Crippen LogP contribution in [0.25, 0.3) is 0 Å². The number of nitro benzene ring substituents is 1. The van der Waals surface area contributed by atoms with Gasteiger partial charge in [0.05, 0.1) is 10.5 Å². The third-order valence-corrected chi connectivity index (χ3v) is 1.79. The summed E-state index contributed by atoms with van der Waals surface area (Å²) in [4.78, 5) is 23.8. The van der Waals surface area contributed by atoms with E-state index < -0.39 is 30.6 Å². The number of alkyl halides is 3. The minimum Gasteiger partial charge on any atom is -0.383 e. The second-order valence-electron chi connectivity index (χ2n) is 2.99. The number of nitrogens with one attached hydrogen (secondary N) is 1. The highest BCUT2D eigenvalue weighted by molar-refractivity contribution is 7.30. The molecule has 0 amide bonds. The maximum Gasteiger partial charge on any atom is 0.692 e. The fourth-order valence-electron chi connectivity index (χ4n) is 1.07. The van der Waals surface area contributed by atoms with Crippen molar-refractivity contribution in [3.8, 4) is 0 Å². The molecule has 0 bridgehead atoms. The Labute approximate surface area is 105 Å². The van der Waals surface area contributed by atoms with Crippen LogP contribution in [-0.4, -0.2) is 21.8 Å². The van der Waals surface area contributed by atoms with E-state index in [1.165, 1.54) is 7.05 Å². The predicted octanol–water partition coefficient (Wildman–Crippen LogP) is 2.28. The van der Waals surface area contributed by atoms with Crippen molar-refractivity contribution in [2.24, 2.45) is 0 Å². The van der Waals surface area contributed by atoms with Crippen LogP contribution in [0.3, 0.4) is 0 Å². The Morgan fingerprint density at radius 2 is 1.84 bits per heavy atom. The SMILES string of the molecule is CNc1ccc(C(F)(F)F)cc1[N+](=O)[O-].O=[P+](O)O. The molecule has 7 nitrogen and oxygen atoms in total. The van der Waals surface area contributed by atoms with Crippen molar-refractivity contribution < 1.29 is 32.4 Å². The van der Waals surface area contributed by atoms with E-state index >= 15 is 0 Å². The summed E-state index contributed by atoms with van der Waals surface area (Å²) in [5, 5.41) is 12.9. The molecule has 1 aromatic rings. The minimum atomic E-state index is -4.57. The molecule has 0 radical (unpaired) electrons. The van der Waals surface area contributed by atoms with Gasteiger partial charge < -0.3 is 5.32 Å². The molecule has 3 N–H and O–H groups in total. The van der Waals surface area contributed by atoms with Gasteiger partial charge in [0.15, 0.2) is 0 Å². The summed E-state index contributed by atoms with van der Waals surface area (Å²) in [5.74, 6) is 0. The number of rotatable bonds is 2. The molecule has 0 aliphatic heterocycles. The normalized spacial score (nSPS) is 10.2. The summed E-state index contributed by atoms with van der Waals surface area (Å²) in [7, 11) is -1.47. The molecular weight excluding hydrogens is 292 g/mol. The molecule has 0 aliphatic carbocycles. The molecule has 0 saturated heterocycles. The zero-order valence-electron chi connectivity index (χ0n) is 9.38. The van der Waals surface area contributed by atoms with E-state index in [-0.39, 0.29) is 5.69 Å². The quantitative estimate of drug-likeness (QED) is 0.439. The van der Waals surface area contributed by atoms with Gasteiger partial charge in [0.1, 0.15) is 5.69 Å². The van der Waals surface area contributed by atoms with Crippen molar-refractivity contribution in [3.05, 3.63) is 33.9 Å². The van der Waals surface area contributed by atoms with Gasteiger partial charge in [-0.2, -0.15) is 13.2 Å². The molecule has 0 saturated carbocycles. The van der Waals surface area contributed by atoms with E-state index in [4.69, 9.17) is 14.4 Å². The van der Waals surface area contributed by atoms with E-state index in [2.05, 4.69) is 5.32 Å². The maximum absolute atomic E-state index is 12.2. The highest BCUT2D eigenvalue weighted by atomic mass is 31.1. The summed E-state index contributed by atoms with van der Waals surface area (Å²) < 4.78 is 45.4. The van der Waals surface area contributed by atoms with Crippen LogP contribution in [0.1, 0.15) is 5.56 Å². The molecule has 0 unspecified atom stereocenters. The van der Waals surface area contributed by atoms with Crippen molar-refractivity contribution in [2.75, 3.05) is 12.4 Å². The van der Waals surface area contributed by atoms with Crippen LogP contribution in [0.4, 0.5) is 24.5 Å². The van der Waals surface area contributed by atoms with Gasteiger partial charge in [-0.05, 0) is 12.1 Å². The first kappa shape index (κ1) is 17.2. The van der Waals surface area contributed by atoms with Gasteiger partial charge in [-0.15, -0.1) is 9.79 Å². The highest BCUT2D eigenvalue weighted by Gasteiger charge is 2.32. The lowest BCUT2D eigenvalue weighted by molar-refractivity contribution is -0.384. The van der Waals surface area contributed by atoms with Crippen LogP contribution >= 0.6 is 8.25 Å². The van der Waals surface area contributed by atoms with Crippen molar-refractivity contribution in [1.29, 1.82) is 0 Å². The predicted molar refractivity (Wildman–Crippen MR) is 59.7 cm³/mol. The topological polar surface area (TPSA) is 113 Å². The standard InChI is InChI=1S/C8H7F3N2O2.HO3P/c1-12-6-3-2-5(8(9,10)11)4-7(6)13(14)15;1-4(2)3/h2-4,12H,1H3;(H-,1,2,3)/p+1. The molecule has 19 heavy (non-hydrogen) atoms. The van der Waals surface area contributed by atoms with Gasteiger partial charge in [0.25, 0.3) is 5.69 Å². The zero-order valence-corrected chi connectivity index (χ0v) is 10.3. The molecule has 11 heteroatoms. The number of nitrogens with zero attached hydrogens (tertiary/aromatic N) is 1. The molecule has 106 valence electrons. The maximum atomic E-state index is 12.2. The zero-order chi connectivity index (χ0) is 15.2. The Morgan fingerprint density at radius 3 is 2.16 bits per heavy atom. The first-order valence-corrected chi connectivity index (χ1v) is 5.64. The lowest BCUT2D eigenvalue weighted by Gasteiger charge is -2.08. The number of hydrogen-bond acceptors (Lipinski definition) is 4. The van der Waals surface area contributed by atoms with Crippen LogP contribution < -0.4 is 5.32 Å². The average molecular weight is 301 g/mol. The first-order valence-electron chi connectivity index (χ1n) is 4.48. The van der Waals surface area contributed by atoms with E-state index in [1.807, 2.05) is 0 Å².